The Balaban J connectivity index is 1.92. The Morgan fingerprint density at radius 2 is 1.54 bits per heavy atom. The molecule has 2 aromatic carbocycles. The first kappa shape index (κ1) is 16.1. The summed E-state index contributed by atoms with van der Waals surface area (Å²) in [5, 5.41) is 3.14. The molecule has 0 spiro atoms. The Kier molecular flexibility index (Phi) is 4.85. The fourth-order valence-electron chi connectivity index (χ4n) is 2.96. The van der Waals surface area contributed by atoms with Crippen LogP contribution in [0.3, 0.4) is 0 Å². The average molecular weight is 320 g/mol. The second-order valence-corrected chi connectivity index (χ2v) is 5.67. The molecule has 0 saturated heterocycles. The molecule has 0 saturated carbocycles. The van der Waals surface area contributed by atoms with Crippen molar-refractivity contribution in [2.75, 3.05) is 30.4 Å². The molecule has 4 nitrogen and oxygen atoms in total. The van der Waals surface area contributed by atoms with E-state index in [1.54, 1.807) is 6.33 Å². The molecule has 3 aromatic rings. The lowest BCUT2D eigenvalue weighted by atomic mass is 10.0. The largest absolute Gasteiger partial charge is 0.388 e. The molecule has 3 rings (SSSR count). The van der Waals surface area contributed by atoms with Crippen molar-refractivity contribution in [3.8, 4) is 22.5 Å². The normalized spacial score (nSPS) is 10.6. The first-order valence-electron chi connectivity index (χ1n) is 8.43. The van der Waals surface area contributed by atoms with Crippen LogP contribution in [0.2, 0.25) is 0 Å². The number of hydrogen-bond acceptors (Lipinski definition) is 3. The summed E-state index contributed by atoms with van der Waals surface area (Å²) in [6, 6.07) is 17.0. The van der Waals surface area contributed by atoms with Crippen molar-refractivity contribution in [2.24, 2.45) is 0 Å². The first-order chi connectivity index (χ1) is 11.8. The quantitative estimate of drug-likeness (QED) is 0.696. The van der Waals surface area contributed by atoms with Crippen LogP contribution < -0.4 is 10.2 Å². The van der Waals surface area contributed by atoms with Gasteiger partial charge in [0.2, 0.25) is 0 Å². The molecule has 124 valence electrons. The van der Waals surface area contributed by atoms with Gasteiger partial charge in [-0.2, -0.15) is 0 Å². The Bertz CT molecular complexity index is 768. The topological polar surface area (TPSA) is 44.0 Å². The highest BCUT2D eigenvalue weighted by atomic mass is 15.1. The summed E-state index contributed by atoms with van der Waals surface area (Å²) in [5.41, 5.74) is 6.64. The summed E-state index contributed by atoms with van der Waals surface area (Å²) < 4.78 is 0. The van der Waals surface area contributed by atoms with Crippen molar-refractivity contribution in [2.45, 2.75) is 13.8 Å². The van der Waals surface area contributed by atoms with Crippen LogP contribution in [0.4, 0.5) is 11.4 Å². The number of nitrogens with one attached hydrogen (secondary N) is 2. The Labute approximate surface area is 143 Å². The molecule has 0 aliphatic heterocycles. The van der Waals surface area contributed by atoms with E-state index < -0.39 is 0 Å². The van der Waals surface area contributed by atoms with Gasteiger partial charge < -0.3 is 15.2 Å². The van der Waals surface area contributed by atoms with Gasteiger partial charge in [0.15, 0.2) is 0 Å². The number of rotatable bonds is 6. The van der Waals surface area contributed by atoms with Crippen LogP contribution in [-0.2, 0) is 0 Å². The first-order valence-corrected chi connectivity index (χ1v) is 8.43. The third-order valence-corrected chi connectivity index (χ3v) is 4.37. The van der Waals surface area contributed by atoms with Gasteiger partial charge in [0, 0.05) is 42.6 Å². The van der Waals surface area contributed by atoms with Gasteiger partial charge in [0.1, 0.15) is 0 Å². The van der Waals surface area contributed by atoms with Crippen molar-refractivity contribution >= 4 is 11.4 Å². The molecule has 0 aliphatic rings. The number of aromatic amines is 1. The maximum atomic E-state index is 4.54. The minimum absolute atomic E-state index is 0.985. The van der Waals surface area contributed by atoms with E-state index >= 15 is 0 Å². The highest BCUT2D eigenvalue weighted by Gasteiger charge is 2.11. The summed E-state index contributed by atoms with van der Waals surface area (Å²) >= 11 is 0. The number of imidazole rings is 1. The van der Waals surface area contributed by atoms with Gasteiger partial charge in [0.05, 0.1) is 17.7 Å². The highest BCUT2D eigenvalue weighted by molar-refractivity contribution is 5.79. The fourth-order valence-corrected chi connectivity index (χ4v) is 2.96. The Morgan fingerprint density at radius 3 is 2.12 bits per heavy atom. The Hall–Kier alpha value is -2.75. The van der Waals surface area contributed by atoms with Crippen molar-refractivity contribution < 1.29 is 0 Å². The SMILES string of the molecule is CCN(CC)c1ccc(-c2nc[nH]c2-c2ccc(NC)cc2)cc1. The second kappa shape index (κ2) is 7.21. The highest BCUT2D eigenvalue weighted by Crippen LogP contribution is 2.30. The van der Waals surface area contributed by atoms with E-state index in [4.69, 9.17) is 0 Å². The number of H-pyrrole nitrogens is 1. The van der Waals surface area contributed by atoms with Crippen LogP contribution in [-0.4, -0.2) is 30.1 Å². The number of hydrogen-bond donors (Lipinski definition) is 2. The monoisotopic (exact) mass is 320 g/mol. The molecule has 0 fully saturated rings. The number of nitrogens with zero attached hydrogens (tertiary/aromatic N) is 2. The van der Waals surface area contributed by atoms with Gasteiger partial charge in [-0.25, -0.2) is 4.98 Å². The third-order valence-electron chi connectivity index (χ3n) is 4.37. The van der Waals surface area contributed by atoms with Gasteiger partial charge in [-0.05, 0) is 38.1 Å². The average Bonchev–Trinajstić information content (AvgIpc) is 3.13. The van der Waals surface area contributed by atoms with Gasteiger partial charge >= 0.3 is 0 Å². The minimum Gasteiger partial charge on any atom is -0.388 e. The number of benzene rings is 2. The van der Waals surface area contributed by atoms with Gasteiger partial charge in [0.25, 0.3) is 0 Å². The van der Waals surface area contributed by atoms with E-state index in [1.165, 1.54) is 5.69 Å². The predicted molar refractivity (Wildman–Crippen MR) is 103 cm³/mol. The molecule has 0 aliphatic carbocycles. The zero-order valence-electron chi connectivity index (χ0n) is 14.5. The van der Waals surface area contributed by atoms with E-state index in [0.717, 1.165) is 41.3 Å². The van der Waals surface area contributed by atoms with Crippen LogP contribution in [0.1, 0.15) is 13.8 Å². The van der Waals surface area contributed by atoms with Crippen molar-refractivity contribution in [3.63, 3.8) is 0 Å². The molecule has 0 radical (unpaired) electrons. The van der Waals surface area contributed by atoms with Crippen LogP contribution in [0, 0.1) is 0 Å². The van der Waals surface area contributed by atoms with E-state index in [-0.39, 0.29) is 0 Å². The molecule has 1 heterocycles. The molecular weight excluding hydrogens is 296 g/mol. The van der Waals surface area contributed by atoms with E-state index in [0.29, 0.717) is 0 Å². The van der Waals surface area contributed by atoms with E-state index in [2.05, 4.69) is 82.6 Å². The standard InChI is InChI=1S/C20H24N4/c1-4-24(5-2)18-12-8-16(9-13-18)20-19(22-14-23-20)15-6-10-17(21-3)11-7-15/h6-14,21H,4-5H2,1-3H3,(H,22,23). The lowest BCUT2D eigenvalue weighted by Crippen LogP contribution is -2.21. The lowest BCUT2D eigenvalue weighted by molar-refractivity contribution is 0.866. The van der Waals surface area contributed by atoms with Gasteiger partial charge in [-0.3, -0.25) is 0 Å². The third kappa shape index (κ3) is 3.13. The molecular formula is C20H24N4. The zero-order valence-corrected chi connectivity index (χ0v) is 14.5. The van der Waals surface area contributed by atoms with Gasteiger partial charge in [-0.1, -0.05) is 24.3 Å². The minimum atomic E-state index is 0.985. The van der Waals surface area contributed by atoms with Crippen LogP contribution in [0.15, 0.2) is 54.9 Å². The maximum absolute atomic E-state index is 4.54. The summed E-state index contributed by atoms with van der Waals surface area (Å²) in [7, 11) is 1.92. The molecule has 4 heteroatoms. The maximum Gasteiger partial charge on any atom is 0.0961 e. The molecule has 0 bridgehead atoms. The Morgan fingerprint density at radius 1 is 0.917 bits per heavy atom. The molecule has 1 aromatic heterocycles. The summed E-state index contributed by atoms with van der Waals surface area (Å²) in [5.74, 6) is 0. The van der Waals surface area contributed by atoms with E-state index in [1.807, 2.05) is 7.05 Å². The second-order valence-electron chi connectivity index (χ2n) is 5.67. The zero-order chi connectivity index (χ0) is 16.9. The molecule has 24 heavy (non-hydrogen) atoms. The van der Waals surface area contributed by atoms with Crippen molar-refractivity contribution in [1.29, 1.82) is 0 Å². The molecule has 0 unspecified atom stereocenters. The van der Waals surface area contributed by atoms with Crippen LogP contribution in [0.25, 0.3) is 22.5 Å². The summed E-state index contributed by atoms with van der Waals surface area (Å²) in [6.45, 7) is 6.39. The van der Waals surface area contributed by atoms with Crippen molar-refractivity contribution in [3.05, 3.63) is 54.9 Å². The fraction of sp³-hybridized carbons (Fsp3) is 0.250. The number of aromatic nitrogens is 2. The van der Waals surface area contributed by atoms with E-state index in [9.17, 15) is 0 Å². The molecule has 0 amide bonds. The summed E-state index contributed by atoms with van der Waals surface area (Å²) in [4.78, 5) is 10.2. The lowest BCUT2D eigenvalue weighted by Gasteiger charge is -2.21. The molecule has 0 atom stereocenters. The van der Waals surface area contributed by atoms with Crippen molar-refractivity contribution in [1.82, 2.24) is 9.97 Å². The summed E-state index contributed by atoms with van der Waals surface area (Å²) in [6.07, 6.45) is 1.76. The molecule has 2 N–H and O–H groups in total. The smallest absolute Gasteiger partial charge is 0.0961 e. The van der Waals surface area contributed by atoms with Gasteiger partial charge in [-0.15, -0.1) is 0 Å². The predicted octanol–water partition coefficient (Wildman–Crippen LogP) is 4.63. The number of anilines is 2. The van der Waals surface area contributed by atoms with Crippen LogP contribution >= 0.6 is 0 Å². The van der Waals surface area contributed by atoms with Crippen LogP contribution in [0.5, 0.6) is 0 Å².